The van der Waals surface area contributed by atoms with Crippen molar-refractivity contribution in [1.29, 1.82) is 0 Å². The Morgan fingerprint density at radius 2 is 1.77 bits per heavy atom. The van der Waals surface area contributed by atoms with Crippen molar-refractivity contribution in [2.24, 2.45) is 10.4 Å². The van der Waals surface area contributed by atoms with E-state index in [0.29, 0.717) is 6.54 Å². The zero-order valence-corrected chi connectivity index (χ0v) is 21.9. The van der Waals surface area contributed by atoms with Crippen molar-refractivity contribution in [3.8, 4) is 5.75 Å². The molecule has 0 unspecified atom stereocenters. The lowest BCUT2D eigenvalue weighted by atomic mass is 9.79. The molecule has 0 spiro atoms. The molecule has 1 rings (SSSR count). The summed E-state index contributed by atoms with van der Waals surface area (Å²) in [5, 5.41) is 16.2. The van der Waals surface area contributed by atoms with Crippen LogP contribution in [0.25, 0.3) is 0 Å². The lowest BCUT2D eigenvalue weighted by Gasteiger charge is -2.32. The summed E-state index contributed by atoms with van der Waals surface area (Å²) in [5.41, 5.74) is 1.26. The molecule has 0 bridgehead atoms. The normalized spacial score (nSPS) is 11.9. The second kappa shape index (κ2) is 16.6. The van der Waals surface area contributed by atoms with E-state index in [2.05, 4.69) is 62.5 Å². The lowest BCUT2D eigenvalue weighted by Crippen LogP contribution is -2.43. The van der Waals surface area contributed by atoms with Gasteiger partial charge in [-0.15, -0.1) is 24.0 Å². The first-order valence-corrected chi connectivity index (χ1v) is 11.0. The first kappa shape index (κ1) is 28.9. The van der Waals surface area contributed by atoms with Crippen molar-refractivity contribution in [3.63, 3.8) is 0 Å². The van der Waals surface area contributed by atoms with E-state index in [4.69, 9.17) is 9.73 Å². The van der Waals surface area contributed by atoms with Crippen molar-refractivity contribution >= 4 is 29.9 Å². The van der Waals surface area contributed by atoms with Crippen LogP contribution in [0.4, 0.5) is 0 Å². The van der Waals surface area contributed by atoms with E-state index in [1.807, 2.05) is 12.1 Å². The second-order valence-corrected chi connectivity index (χ2v) is 7.88. The number of nitrogens with one attached hydrogen (secondary N) is 2. The van der Waals surface area contributed by atoms with Crippen LogP contribution in [0.3, 0.4) is 0 Å². The van der Waals surface area contributed by atoms with Gasteiger partial charge in [-0.1, -0.05) is 26.0 Å². The van der Waals surface area contributed by atoms with Gasteiger partial charge >= 0.3 is 0 Å². The van der Waals surface area contributed by atoms with E-state index in [1.165, 1.54) is 0 Å². The zero-order chi connectivity index (χ0) is 21.5. The molecule has 7 heteroatoms. The van der Waals surface area contributed by atoms with E-state index >= 15 is 0 Å². The summed E-state index contributed by atoms with van der Waals surface area (Å²) in [4.78, 5) is 6.89. The Kier molecular flexibility index (Phi) is 16.0. The largest absolute Gasteiger partial charge is 0.494 e. The maximum atomic E-state index is 9.41. The lowest BCUT2D eigenvalue weighted by molar-refractivity contribution is 0.169. The molecule has 0 amide bonds. The Hall–Kier alpha value is -1.06. The molecule has 1 aromatic carbocycles. The Balaban J connectivity index is 0.00000841. The number of benzene rings is 1. The second-order valence-electron chi connectivity index (χ2n) is 7.88. The van der Waals surface area contributed by atoms with Crippen LogP contribution in [0, 0.1) is 5.41 Å². The van der Waals surface area contributed by atoms with Crippen LogP contribution < -0.4 is 15.4 Å². The number of guanidine groups is 1. The fourth-order valence-electron chi connectivity index (χ4n) is 3.22. The van der Waals surface area contributed by atoms with Crippen LogP contribution in [0.5, 0.6) is 5.75 Å². The maximum Gasteiger partial charge on any atom is 0.191 e. The van der Waals surface area contributed by atoms with Crippen LogP contribution >= 0.6 is 24.0 Å². The highest BCUT2D eigenvalue weighted by Gasteiger charge is 2.25. The van der Waals surface area contributed by atoms with Gasteiger partial charge in [-0.05, 0) is 69.8 Å². The summed E-state index contributed by atoms with van der Waals surface area (Å²) < 4.78 is 5.79. The van der Waals surface area contributed by atoms with Crippen molar-refractivity contribution in [3.05, 3.63) is 29.8 Å². The molecular formula is C23H43IN4O2. The predicted octanol–water partition coefficient (Wildman–Crippen LogP) is 3.88. The van der Waals surface area contributed by atoms with Gasteiger partial charge in [0.05, 0.1) is 13.2 Å². The van der Waals surface area contributed by atoms with Gasteiger partial charge in [-0.25, -0.2) is 4.99 Å². The van der Waals surface area contributed by atoms with Gasteiger partial charge in [-0.2, -0.15) is 0 Å². The minimum Gasteiger partial charge on any atom is -0.494 e. The third-order valence-electron chi connectivity index (χ3n) is 5.48. The van der Waals surface area contributed by atoms with Gasteiger partial charge in [-0.3, -0.25) is 0 Å². The third-order valence-corrected chi connectivity index (χ3v) is 5.48. The highest BCUT2D eigenvalue weighted by atomic mass is 127. The number of rotatable bonds is 14. The van der Waals surface area contributed by atoms with Gasteiger partial charge in [0.15, 0.2) is 5.96 Å². The summed E-state index contributed by atoms with van der Waals surface area (Å²) in [7, 11) is 4.14. The first-order valence-electron chi connectivity index (χ1n) is 11.0. The maximum absolute atomic E-state index is 9.41. The van der Waals surface area contributed by atoms with Crippen molar-refractivity contribution < 1.29 is 9.84 Å². The number of nitrogens with zero attached hydrogens (tertiary/aromatic N) is 2. The molecule has 0 radical (unpaired) electrons. The number of hydrogen-bond acceptors (Lipinski definition) is 4. The average molecular weight is 535 g/mol. The van der Waals surface area contributed by atoms with Gasteiger partial charge in [0.2, 0.25) is 0 Å². The van der Waals surface area contributed by atoms with Crippen LogP contribution in [0.15, 0.2) is 29.3 Å². The molecule has 0 aliphatic heterocycles. The quantitative estimate of drug-likeness (QED) is 0.146. The molecule has 6 nitrogen and oxygen atoms in total. The van der Waals surface area contributed by atoms with Gasteiger partial charge in [0.25, 0.3) is 0 Å². The summed E-state index contributed by atoms with van der Waals surface area (Å²) in [6, 6.07) is 8.17. The van der Waals surface area contributed by atoms with E-state index in [0.717, 1.165) is 69.2 Å². The molecule has 0 aliphatic rings. The number of aliphatic hydroxyl groups excluding tert-OH is 1. The van der Waals surface area contributed by atoms with Crippen LogP contribution in [-0.4, -0.2) is 62.9 Å². The summed E-state index contributed by atoms with van der Waals surface area (Å²) in [6.45, 7) is 10.7. The third kappa shape index (κ3) is 11.4. The molecule has 0 atom stereocenters. The molecule has 3 N–H and O–H groups in total. The number of aliphatic imine (C=N–C) groups is 1. The highest BCUT2D eigenvalue weighted by molar-refractivity contribution is 14.0. The predicted molar refractivity (Wildman–Crippen MR) is 138 cm³/mol. The molecule has 0 aromatic heterocycles. The number of halogens is 1. The number of aliphatic hydroxyl groups is 1. The molecule has 1 aromatic rings. The average Bonchev–Trinajstić information content (AvgIpc) is 2.73. The van der Waals surface area contributed by atoms with Gasteiger partial charge < -0.3 is 25.4 Å². The number of hydrogen-bond donors (Lipinski definition) is 3. The summed E-state index contributed by atoms with van der Waals surface area (Å²) in [6.07, 6.45) is 3.89. The minimum absolute atomic E-state index is 0. The van der Waals surface area contributed by atoms with E-state index in [1.54, 1.807) is 0 Å². The fourth-order valence-corrected chi connectivity index (χ4v) is 3.22. The Morgan fingerprint density at radius 1 is 1.10 bits per heavy atom. The van der Waals surface area contributed by atoms with Crippen LogP contribution in [0.1, 0.15) is 52.0 Å². The summed E-state index contributed by atoms with van der Waals surface area (Å²) in [5.74, 6) is 1.72. The smallest absolute Gasteiger partial charge is 0.191 e. The Morgan fingerprint density at radius 3 is 2.30 bits per heavy atom. The Bertz CT molecular complexity index is 575. The SMILES string of the molecule is CCNC(=NCc1ccc(OCCCN(C)C)cc1)NCC(CC)(CC)CCO.I. The monoisotopic (exact) mass is 534 g/mol. The molecule has 30 heavy (non-hydrogen) atoms. The summed E-state index contributed by atoms with van der Waals surface area (Å²) >= 11 is 0. The standard InChI is InChI=1S/C23H42N4O2.HI/c1-6-23(7-2,14-16-28)19-26-22(24-8-3)25-18-20-10-12-21(13-11-20)29-17-9-15-27(4)5;/h10-13,28H,6-9,14-19H2,1-5H3,(H2,24,25,26);1H. The van der Waals surface area contributed by atoms with Crippen LogP contribution in [0.2, 0.25) is 0 Å². The van der Waals surface area contributed by atoms with Crippen molar-refractivity contribution in [2.75, 3.05) is 46.9 Å². The van der Waals surface area contributed by atoms with Gasteiger partial charge in [0.1, 0.15) is 5.75 Å². The zero-order valence-electron chi connectivity index (χ0n) is 19.5. The van der Waals surface area contributed by atoms with Crippen LogP contribution in [-0.2, 0) is 6.54 Å². The Labute approximate surface area is 200 Å². The highest BCUT2D eigenvalue weighted by Crippen LogP contribution is 2.29. The van der Waals surface area contributed by atoms with Crippen molar-refractivity contribution in [1.82, 2.24) is 15.5 Å². The molecule has 0 saturated carbocycles. The molecule has 0 fully saturated rings. The fraction of sp³-hybridized carbons (Fsp3) is 0.696. The van der Waals surface area contributed by atoms with Crippen molar-refractivity contribution in [2.45, 2.75) is 53.0 Å². The molecule has 174 valence electrons. The topological polar surface area (TPSA) is 69.1 Å². The molecule has 0 aliphatic carbocycles. The molecular weight excluding hydrogens is 491 g/mol. The number of ether oxygens (including phenoxy) is 1. The first-order chi connectivity index (χ1) is 14.0. The molecule has 0 saturated heterocycles. The minimum atomic E-state index is 0. The molecule has 0 heterocycles. The van der Waals surface area contributed by atoms with E-state index < -0.39 is 0 Å². The van der Waals surface area contributed by atoms with E-state index in [9.17, 15) is 5.11 Å². The van der Waals surface area contributed by atoms with Gasteiger partial charge in [0, 0.05) is 26.2 Å². The van der Waals surface area contributed by atoms with E-state index in [-0.39, 0.29) is 36.0 Å².